The number of carbonyl (C=O) groups excluding carboxylic acids is 2. The van der Waals surface area contributed by atoms with Gasteiger partial charge in [-0.3, -0.25) is 9.59 Å². The highest BCUT2D eigenvalue weighted by molar-refractivity contribution is 6.10. The molecule has 0 saturated heterocycles. The maximum Gasteiger partial charge on any atom is 0.416 e. The molecule has 0 unspecified atom stereocenters. The minimum Gasteiger partial charge on any atom is -0.325 e. The quantitative estimate of drug-likeness (QED) is 0.0940. The van der Waals surface area contributed by atoms with Crippen LogP contribution in [0.2, 0.25) is 0 Å². The molecule has 4 nitrogen and oxygen atoms in total. The van der Waals surface area contributed by atoms with Gasteiger partial charge in [-0.2, -0.15) is 26.3 Å². The van der Waals surface area contributed by atoms with Gasteiger partial charge in [0.05, 0.1) is 11.1 Å². The zero-order valence-electron chi connectivity index (χ0n) is 24.9. The number of hydrogen-bond acceptors (Lipinski definition) is 2. The molecule has 2 aromatic carbocycles. The number of rotatable bonds is 19. The van der Waals surface area contributed by atoms with Gasteiger partial charge < -0.3 is 10.6 Å². The zero-order valence-corrected chi connectivity index (χ0v) is 24.9. The van der Waals surface area contributed by atoms with Crippen LogP contribution >= 0.6 is 0 Å². The summed E-state index contributed by atoms with van der Waals surface area (Å²) >= 11 is 0. The molecular weight excluding hydrogens is 570 g/mol. The summed E-state index contributed by atoms with van der Waals surface area (Å²) in [4.78, 5) is 26.1. The van der Waals surface area contributed by atoms with E-state index in [9.17, 15) is 35.9 Å². The summed E-state index contributed by atoms with van der Waals surface area (Å²) in [7, 11) is 0. The first-order chi connectivity index (χ1) is 20.4. The first-order valence-corrected chi connectivity index (χ1v) is 15.4. The SMILES string of the molecule is CCCCCCCCCCCCCCCCC(C(=O)Nc1cccc(C(F)(F)F)c1)C(=O)Nc1cccc(C(F)(F)F)c1. The van der Waals surface area contributed by atoms with Crippen molar-refractivity contribution >= 4 is 23.2 Å². The Hall–Kier alpha value is -3.04. The molecule has 0 aliphatic carbocycles. The minimum absolute atomic E-state index is 0.105. The lowest BCUT2D eigenvalue weighted by molar-refractivity contribution is -0.138. The highest BCUT2D eigenvalue weighted by atomic mass is 19.4. The number of benzene rings is 2. The third kappa shape index (κ3) is 14.3. The summed E-state index contributed by atoms with van der Waals surface area (Å²) < 4.78 is 78.7. The van der Waals surface area contributed by atoms with Crippen LogP contribution < -0.4 is 10.6 Å². The van der Waals surface area contributed by atoms with E-state index in [1.807, 2.05) is 0 Å². The van der Waals surface area contributed by atoms with Gasteiger partial charge in [0.25, 0.3) is 0 Å². The van der Waals surface area contributed by atoms with Crippen molar-refractivity contribution in [3.63, 3.8) is 0 Å². The molecule has 0 bridgehead atoms. The van der Waals surface area contributed by atoms with E-state index in [2.05, 4.69) is 17.6 Å². The normalized spacial score (nSPS) is 12.0. The van der Waals surface area contributed by atoms with Crippen LogP contribution in [0.5, 0.6) is 0 Å². The molecule has 43 heavy (non-hydrogen) atoms. The molecule has 0 aliphatic heterocycles. The van der Waals surface area contributed by atoms with Crippen molar-refractivity contribution in [3.8, 4) is 0 Å². The zero-order chi connectivity index (χ0) is 31.7. The third-order valence-corrected chi connectivity index (χ3v) is 7.39. The van der Waals surface area contributed by atoms with Crippen LogP contribution in [0.25, 0.3) is 0 Å². The Labute approximate surface area is 251 Å². The predicted octanol–water partition coefficient (Wildman–Crippen LogP) is 10.8. The van der Waals surface area contributed by atoms with Gasteiger partial charge in [-0.1, -0.05) is 109 Å². The average Bonchev–Trinajstić information content (AvgIpc) is 2.94. The molecular formula is C33H44F6N2O2. The highest BCUT2D eigenvalue weighted by Gasteiger charge is 2.33. The topological polar surface area (TPSA) is 58.2 Å². The molecule has 240 valence electrons. The summed E-state index contributed by atoms with van der Waals surface area (Å²) in [5.41, 5.74) is -2.17. The Morgan fingerprint density at radius 2 is 0.930 bits per heavy atom. The van der Waals surface area contributed by atoms with Gasteiger partial charge in [0.2, 0.25) is 11.8 Å². The fourth-order valence-electron chi connectivity index (χ4n) is 4.93. The number of anilines is 2. The summed E-state index contributed by atoms with van der Waals surface area (Å²) in [6.45, 7) is 2.21. The van der Waals surface area contributed by atoms with E-state index in [-0.39, 0.29) is 17.8 Å². The van der Waals surface area contributed by atoms with Gasteiger partial charge >= 0.3 is 12.4 Å². The van der Waals surface area contributed by atoms with Crippen LogP contribution in [-0.2, 0) is 21.9 Å². The maximum absolute atomic E-state index is 13.1. The van der Waals surface area contributed by atoms with Crippen molar-refractivity contribution < 1.29 is 35.9 Å². The molecule has 0 aliphatic rings. The number of unbranched alkanes of at least 4 members (excludes halogenated alkanes) is 13. The largest absolute Gasteiger partial charge is 0.416 e. The van der Waals surface area contributed by atoms with Crippen molar-refractivity contribution in [2.75, 3.05) is 10.6 Å². The van der Waals surface area contributed by atoms with E-state index < -0.39 is 41.2 Å². The molecule has 10 heteroatoms. The lowest BCUT2D eigenvalue weighted by Crippen LogP contribution is -2.34. The molecule has 0 saturated carbocycles. The summed E-state index contributed by atoms with van der Waals surface area (Å²) in [5, 5.41) is 4.75. The minimum atomic E-state index is -4.62. The van der Waals surface area contributed by atoms with E-state index >= 15 is 0 Å². The number of nitrogens with one attached hydrogen (secondary N) is 2. The Morgan fingerprint density at radius 1 is 0.581 bits per heavy atom. The van der Waals surface area contributed by atoms with Crippen LogP contribution in [0.3, 0.4) is 0 Å². The fraction of sp³-hybridized carbons (Fsp3) is 0.576. The maximum atomic E-state index is 13.1. The standard InChI is InChI=1S/C33H44F6N2O2/c1-2-3-4-5-6-7-8-9-10-11-12-13-14-15-22-29(30(42)40-27-20-16-18-25(23-27)32(34,35)36)31(43)41-28-21-17-19-26(24-28)33(37,38)39/h16-21,23-24,29H,2-15,22H2,1H3,(H,40,42)(H,41,43). The highest BCUT2D eigenvalue weighted by Crippen LogP contribution is 2.32. The molecule has 0 spiro atoms. The van der Waals surface area contributed by atoms with Crippen molar-refractivity contribution in [1.82, 2.24) is 0 Å². The van der Waals surface area contributed by atoms with Crippen molar-refractivity contribution in [1.29, 1.82) is 0 Å². The van der Waals surface area contributed by atoms with Crippen LogP contribution in [-0.4, -0.2) is 11.8 Å². The van der Waals surface area contributed by atoms with E-state index in [4.69, 9.17) is 0 Å². The summed E-state index contributed by atoms with van der Waals surface area (Å²) in [5.74, 6) is -2.95. The van der Waals surface area contributed by atoms with Gasteiger partial charge in [0.1, 0.15) is 5.92 Å². The summed E-state index contributed by atoms with van der Waals surface area (Å²) in [6, 6.07) is 8.11. The third-order valence-electron chi connectivity index (χ3n) is 7.39. The van der Waals surface area contributed by atoms with Gasteiger partial charge in [-0.05, 0) is 42.8 Å². The van der Waals surface area contributed by atoms with Gasteiger partial charge in [-0.15, -0.1) is 0 Å². The Morgan fingerprint density at radius 3 is 1.28 bits per heavy atom. The molecule has 0 radical (unpaired) electrons. The molecule has 0 heterocycles. The first kappa shape index (κ1) is 36.2. The monoisotopic (exact) mass is 614 g/mol. The molecule has 0 aromatic heterocycles. The van der Waals surface area contributed by atoms with Crippen LogP contribution in [0.1, 0.15) is 114 Å². The van der Waals surface area contributed by atoms with Gasteiger partial charge in [0, 0.05) is 11.4 Å². The number of carbonyl (C=O) groups is 2. The van der Waals surface area contributed by atoms with Gasteiger partial charge in [-0.25, -0.2) is 0 Å². The van der Waals surface area contributed by atoms with Crippen LogP contribution in [0, 0.1) is 5.92 Å². The molecule has 2 N–H and O–H groups in total. The fourth-order valence-corrected chi connectivity index (χ4v) is 4.93. The molecule has 2 amide bonds. The number of amides is 2. The second-order valence-electron chi connectivity index (χ2n) is 11.1. The van der Waals surface area contributed by atoms with E-state index in [0.717, 1.165) is 68.5 Å². The van der Waals surface area contributed by atoms with Crippen LogP contribution in [0.15, 0.2) is 48.5 Å². The Bertz CT molecular complexity index is 1050. The van der Waals surface area contributed by atoms with E-state index in [0.29, 0.717) is 6.42 Å². The van der Waals surface area contributed by atoms with Crippen molar-refractivity contribution in [3.05, 3.63) is 59.7 Å². The van der Waals surface area contributed by atoms with Crippen molar-refractivity contribution in [2.45, 2.75) is 116 Å². The smallest absolute Gasteiger partial charge is 0.325 e. The Kier molecular flexibility index (Phi) is 15.6. The second kappa shape index (κ2) is 18.6. The van der Waals surface area contributed by atoms with E-state index in [1.54, 1.807) is 0 Å². The lowest BCUT2D eigenvalue weighted by Gasteiger charge is -2.18. The van der Waals surface area contributed by atoms with Crippen LogP contribution in [0.4, 0.5) is 37.7 Å². The number of halogens is 6. The van der Waals surface area contributed by atoms with Crippen molar-refractivity contribution in [2.24, 2.45) is 5.92 Å². The lowest BCUT2D eigenvalue weighted by atomic mass is 9.97. The average molecular weight is 615 g/mol. The van der Waals surface area contributed by atoms with Gasteiger partial charge in [0.15, 0.2) is 0 Å². The molecule has 2 rings (SSSR count). The molecule has 0 atom stereocenters. The second-order valence-corrected chi connectivity index (χ2v) is 11.1. The first-order valence-electron chi connectivity index (χ1n) is 15.4. The number of alkyl halides is 6. The number of hydrogen-bond donors (Lipinski definition) is 2. The van der Waals surface area contributed by atoms with E-state index in [1.165, 1.54) is 63.5 Å². The Balaban J connectivity index is 1.90. The summed E-state index contributed by atoms with van der Waals surface area (Å²) in [6.07, 6.45) is 6.54. The molecule has 0 fully saturated rings. The molecule has 2 aromatic rings. The predicted molar refractivity (Wildman–Crippen MR) is 159 cm³/mol.